The predicted molar refractivity (Wildman–Crippen MR) is 241 cm³/mol. The largest absolute Gasteiger partial charge is 0.307 e. The summed E-state index contributed by atoms with van der Waals surface area (Å²) in [4.78, 5) is 34.9. The monoisotopic (exact) mass is 892 g/mol. The van der Waals surface area contributed by atoms with Crippen molar-refractivity contribution in [1.29, 1.82) is 0 Å². The Balaban J connectivity index is 1.27. The highest BCUT2D eigenvalue weighted by Gasteiger charge is 2.36. The van der Waals surface area contributed by atoms with Gasteiger partial charge in [-0.2, -0.15) is 0 Å². The highest BCUT2D eigenvalue weighted by Crippen LogP contribution is 2.40. The van der Waals surface area contributed by atoms with E-state index >= 15 is 0 Å². The molecular weight excluding hydrogens is 836 g/mol. The number of rotatable bonds is 24. The number of amides is 2. The van der Waals surface area contributed by atoms with Gasteiger partial charge in [0.25, 0.3) is 11.8 Å². The van der Waals surface area contributed by atoms with Gasteiger partial charge >= 0.3 is 0 Å². The fraction of sp³-hybridized carbons (Fsp3) is 0.522. The normalized spacial score (nSPS) is 14.0. The molecule has 0 fully saturated rings. The zero-order valence-electron chi connectivity index (χ0n) is 32.5. The standard InChI is InChI=1S/C46H58Br2N2O2S2/c1-3-5-7-9-11-13-15-17-19-21-31-49-43-33-23-26-36-42(38-28-30-40(48)54-38)46(52)50(32-22-20-18-16-14-12-10-8-6-4-2)44(36)34(33)24-25-35(43)41(45(49)51)37-27-29-39(47)53-37/h23-30H,3-22,31-32H2,1-2H3. The van der Waals surface area contributed by atoms with Crippen molar-refractivity contribution in [3.8, 4) is 0 Å². The lowest BCUT2D eigenvalue weighted by molar-refractivity contribution is -0.113. The van der Waals surface area contributed by atoms with Crippen molar-refractivity contribution in [2.75, 3.05) is 22.9 Å². The Morgan fingerprint density at radius 2 is 0.778 bits per heavy atom. The summed E-state index contributed by atoms with van der Waals surface area (Å²) in [6.45, 7) is 5.95. The minimum absolute atomic E-state index is 0.0947. The van der Waals surface area contributed by atoms with Crippen LogP contribution in [0, 0.1) is 0 Å². The van der Waals surface area contributed by atoms with E-state index in [0.29, 0.717) is 13.1 Å². The quantitative estimate of drug-likeness (QED) is 0.0658. The Kier molecular flexibility index (Phi) is 15.9. The van der Waals surface area contributed by atoms with Gasteiger partial charge in [-0.25, -0.2) is 0 Å². The van der Waals surface area contributed by atoms with Crippen molar-refractivity contribution in [1.82, 2.24) is 0 Å². The fourth-order valence-corrected chi connectivity index (χ4v) is 11.3. The molecule has 8 heteroatoms. The Hall–Kier alpha value is -2.26. The van der Waals surface area contributed by atoms with Gasteiger partial charge in [0.15, 0.2) is 0 Å². The van der Waals surface area contributed by atoms with Crippen LogP contribution in [0.2, 0.25) is 0 Å². The summed E-state index contributed by atoms with van der Waals surface area (Å²) in [7, 11) is 0. The van der Waals surface area contributed by atoms with Crippen molar-refractivity contribution in [3.05, 3.63) is 76.3 Å². The van der Waals surface area contributed by atoms with Gasteiger partial charge in [-0.3, -0.25) is 9.59 Å². The molecule has 4 aromatic rings. The summed E-state index contributed by atoms with van der Waals surface area (Å²) < 4.78 is 2.05. The van der Waals surface area contributed by atoms with E-state index in [1.807, 2.05) is 12.1 Å². The zero-order valence-corrected chi connectivity index (χ0v) is 37.3. The summed E-state index contributed by atoms with van der Waals surface area (Å²) in [5, 5.41) is 4.13. The highest BCUT2D eigenvalue weighted by molar-refractivity contribution is 9.11. The Morgan fingerprint density at radius 3 is 1.09 bits per heavy atom. The Labute approximate surface area is 348 Å². The third-order valence-corrected chi connectivity index (χ3v) is 14.5. The SMILES string of the molecule is CCCCCCCCCCCCN1C(=O)C(c2ccc(Br)s2)=c2ccc3c4c(ccc3c21)=C(c1ccc(Br)s1)C(=O)N4CCCCCCCCCCCC. The molecule has 0 unspecified atom stereocenters. The molecule has 290 valence electrons. The Morgan fingerprint density at radius 1 is 0.444 bits per heavy atom. The molecule has 0 atom stereocenters. The number of benzene rings is 2. The summed E-state index contributed by atoms with van der Waals surface area (Å²) in [5.74, 6) is 0.189. The number of carbonyl (C=O) groups excluding carboxylic acids is 2. The Bertz CT molecular complexity index is 1870. The van der Waals surface area contributed by atoms with Crippen molar-refractivity contribution in [3.63, 3.8) is 0 Å². The van der Waals surface area contributed by atoms with Crippen LogP contribution in [0.1, 0.15) is 152 Å². The van der Waals surface area contributed by atoms with Crippen LogP contribution in [-0.4, -0.2) is 24.9 Å². The molecular formula is C46H58Br2N2O2S2. The first-order valence-corrected chi connectivity index (χ1v) is 24.2. The molecule has 2 aromatic heterocycles. The maximum absolute atomic E-state index is 14.4. The van der Waals surface area contributed by atoms with Crippen LogP contribution < -0.4 is 20.2 Å². The maximum Gasteiger partial charge on any atom is 0.260 e. The van der Waals surface area contributed by atoms with Gasteiger partial charge in [-0.15, -0.1) is 22.7 Å². The van der Waals surface area contributed by atoms with Crippen LogP contribution in [0.25, 0.3) is 21.9 Å². The van der Waals surface area contributed by atoms with Crippen molar-refractivity contribution < 1.29 is 9.59 Å². The third-order valence-electron chi connectivity index (χ3n) is 11.3. The van der Waals surface area contributed by atoms with Gasteiger partial charge in [0.2, 0.25) is 0 Å². The fourth-order valence-electron chi connectivity index (χ4n) is 8.38. The molecule has 0 bridgehead atoms. The second kappa shape index (κ2) is 20.8. The van der Waals surface area contributed by atoms with Gasteiger partial charge in [-0.1, -0.05) is 154 Å². The van der Waals surface area contributed by atoms with Gasteiger partial charge in [0.05, 0.1) is 30.1 Å². The van der Waals surface area contributed by atoms with Crippen LogP contribution in [0.15, 0.2) is 56.1 Å². The number of hydrogen-bond donors (Lipinski definition) is 0. The molecule has 6 rings (SSSR count). The number of unbranched alkanes of at least 4 members (excludes halogenated alkanes) is 18. The number of anilines is 2. The molecule has 4 nitrogen and oxygen atoms in total. The van der Waals surface area contributed by atoms with E-state index < -0.39 is 0 Å². The summed E-state index contributed by atoms with van der Waals surface area (Å²) in [6.07, 6.45) is 25.2. The van der Waals surface area contributed by atoms with Crippen molar-refractivity contribution in [2.45, 2.75) is 142 Å². The van der Waals surface area contributed by atoms with E-state index in [1.165, 1.54) is 103 Å². The molecule has 2 aromatic carbocycles. The molecule has 0 N–H and O–H groups in total. The summed E-state index contributed by atoms with van der Waals surface area (Å²) >= 11 is 10.5. The average molecular weight is 895 g/mol. The van der Waals surface area contributed by atoms with Gasteiger partial charge in [0, 0.05) is 44.1 Å². The van der Waals surface area contributed by atoms with E-state index in [0.717, 1.165) is 86.7 Å². The molecule has 0 saturated heterocycles. The van der Waals surface area contributed by atoms with Crippen molar-refractivity contribution in [2.24, 2.45) is 0 Å². The van der Waals surface area contributed by atoms with Crippen molar-refractivity contribution >= 4 is 99.6 Å². The first-order chi connectivity index (χ1) is 26.4. The van der Waals surface area contributed by atoms with Crippen LogP contribution in [-0.2, 0) is 9.59 Å². The number of thiophene rings is 2. The molecule has 0 radical (unpaired) electrons. The predicted octanol–water partition coefficient (Wildman–Crippen LogP) is 13.4. The van der Waals surface area contributed by atoms with Gasteiger partial charge in [-0.05, 0) is 69.0 Å². The van der Waals surface area contributed by atoms with E-state index in [2.05, 4.69) is 91.9 Å². The van der Waals surface area contributed by atoms with E-state index in [-0.39, 0.29) is 11.8 Å². The third kappa shape index (κ3) is 9.81. The first-order valence-electron chi connectivity index (χ1n) is 20.9. The van der Waals surface area contributed by atoms with Crippen LogP contribution >= 0.6 is 54.5 Å². The van der Waals surface area contributed by atoms with Crippen LogP contribution in [0.4, 0.5) is 11.4 Å². The van der Waals surface area contributed by atoms with Gasteiger partial charge < -0.3 is 9.80 Å². The topological polar surface area (TPSA) is 40.6 Å². The minimum Gasteiger partial charge on any atom is -0.307 e. The summed E-state index contributed by atoms with van der Waals surface area (Å²) in [5.41, 5.74) is 3.61. The van der Waals surface area contributed by atoms with E-state index in [1.54, 1.807) is 22.7 Å². The first kappa shape index (κ1) is 41.4. The number of nitrogens with zero attached hydrogens (tertiary/aromatic N) is 2. The minimum atomic E-state index is 0.0947. The number of hydrogen-bond acceptors (Lipinski definition) is 4. The van der Waals surface area contributed by atoms with Crippen LogP contribution in [0.5, 0.6) is 0 Å². The summed E-state index contributed by atoms with van der Waals surface area (Å²) in [6, 6.07) is 16.9. The molecule has 2 amide bonds. The molecule has 0 aliphatic carbocycles. The maximum atomic E-state index is 14.4. The number of halogens is 2. The van der Waals surface area contributed by atoms with E-state index in [4.69, 9.17) is 0 Å². The molecule has 4 heterocycles. The van der Waals surface area contributed by atoms with Crippen LogP contribution in [0.3, 0.4) is 0 Å². The molecule has 0 saturated carbocycles. The second-order valence-electron chi connectivity index (χ2n) is 15.3. The molecule has 0 spiro atoms. The molecule has 2 aliphatic heterocycles. The number of carbonyl (C=O) groups is 2. The highest BCUT2D eigenvalue weighted by atomic mass is 79.9. The lowest BCUT2D eigenvalue weighted by Gasteiger charge is -2.23. The second-order valence-corrected chi connectivity index (χ2v) is 20.2. The average Bonchev–Trinajstić information content (AvgIpc) is 3.93. The molecule has 54 heavy (non-hydrogen) atoms. The van der Waals surface area contributed by atoms with E-state index in [9.17, 15) is 9.59 Å². The lowest BCUT2D eigenvalue weighted by atomic mass is 10.0. The number of fused-ring (bicyclic) bond motifs is 5. The molecule has 2 aliphatic rings. The lowest BCUT2D eigenvalue weighted by Crippen LogP contribution is -2.30. The smallest absolute Gasteiger partial charge is 0.260 e. The van der Waals surface area contributed by atoms with Gasteiger partial charge in [0.1, 0.15) is 0 Å². The zero-order chi connectivity index (χ0) is 37.9.